The molecule has 2 N–H and O–H groups in total. The second kappa shape index (κ2) is 7.47. The molecule has 0 aliphatic heterocycles. The van der Waals surface area contributed by atoms with Crippen molar-refractivity contribution in [1.29, 1.82) is 0 Å². The zero-order valence-electron chi connectivity index (χ0n) is 13.4. The molecule has 0 atom stereocenters. The highest BCUT2D eigenvalue weighted by Crippen LogP contribution is 2.22. The summed E-state index contributed by atoms with van der Waals surface area (Å²) in [4.78, 5) is 21.7. The van der Waals surface area contributed by atoms with Gasteiger partial charge >= 0.3 is 0 Å². The quantitative estimate of drug-likeness (QED) is 0.583. The first-order valence-corrected chi connectivity index (χ1v) is 7.64. The van der Waals surface area contributed by atoms with E-state index < -0.39 is 0 Å². The molecule has 4 aromatic heterocycles. The van der Waals surface area contributed by atoms with Crippen molar-refractivity contribution in [3.63, 3.8) is 0 Å². The predicted octanol–water partition coefficient (Wildman–Crippen LogP) is 3.41. The maximum Gasteiger partial charge on any atom is 0.232 e. The van der Waals surface area contributed by atoms with Crippen molar-refractivity contribution in [2.75, 3.05) is 5.32 Å². The molecule has 0 bridgehead atoms. The number of aromatic amines is 1. The van der Waals surface area contributed by atoms with Crippen LogP contribution in [0, 0.1) is 6.92 Å². The Bertz CT molecular complexity index is 925. The molecule has 0 saturated heterocycles. The Hall–Kier alpha value is -3.68. The zero-order chi connectivity index (χ0) is 17.1. The van der Waals surface area contributed by atoms with Crippen molar-refractivity contribution < 1.29 is 0 Å². The first-order valence-electron chi connectivity index (χ1n) is 7.64. The molecule has 0 amide bonds. The number of nitrogens with zero attached hydrogens (tertiary/aromatic N) is 6. The lowest BCUT2D eigenvalue weighted by molar-refractivity contribution is 1.03. The Morgan fingerprint density at radius 3 is 1.81 bits per heavy atom. The smallest absolute Gasteiger partial charge is 0.232 e. The highest BCUT2D eigenvalue weighted by molar-refractivity contribution is 5.63. The third-order valence-electron chi connectivity index (χ3n) is 3.46. The van der Waals surface area contributed by atoms with Crippen molar-refractivity contribution in [2.45, 2.75) is 14.4 Å². The highest BCUT2D eigenvalue weighted by Gasteiger charge is 2.11. The van der Waals surface area contributed by atoms with Gasteiger partial charge in [-0.25, -0.2) is 4.98 Å². The fraction of sp³-hybridized carbons (Fsp3) is 0.111. The lowest BCUT2D eigenvalue weighted by atomic mass is 10.2. The molecule has 0 radical (unpaired) electrons. The van der Waals surface area contributed by atoms with Crippen LogP contribution in [0.3, 0.4) is 0 Å². The molecular formula is C18H18N8. The fourth-order valence-corrected chi connectivity index (χ4v) is 2.29. The summed E-state index contributed by atoms with van der Waals surface area (Å²) in [5.74, 6) is 2.17. The second-order valence-electron chi connectivity index (χ2n) is 5.34. The van der Waals surface area contributed by atoms with E-state index in [-0.39, 0.29) is 7.43 Å². The van der Waals surface area contributed by atoms with E-state index in [0.717, 1.165) is 16.8 Å². The minimum atomic E-state index is 0. The molecule has 4 rings (SSSR count). The number of hydrogen-bond acceptors (Lipinski definition) is 7. The molecule has 0 saturated carbocycles. The molecule has 0 aliphatic rings. The maximum absolute atomic E-state index is 4.57. The molecule has 4 aromatic rings. The molecule has 0 spiro atoms. The van der Waals surface area contributed by atoms with Crippen molar-refractivity contribution in [3.05, 3.63) is 60.8 Å². The SMILES string of the molecule is C.Cc1cc(Nc2nc(-c3ccncc3)nc(-c3ccncc3)n2)n[nH]1. The van der Waals surface area contributed by atoms with Crippen LogP contribution in [0.4, 0.5) is 11.8 Å². The Kier molecular flexibility index (Phi) is 4.93. The lowest BCUT2D eigenvalue weighted by Crippen LogP contribution is -2.03. The number of nitrogens with one attached hydrogen (secondary N) is 2. The molecule has 4 heterocycles. The van der Waals surface area contributed by atoms with Crippen LogP contribution in [0.2, 0.25) is 0 Å². The van der Waals surface area contributed by atoms with Gasteiger partial charge in [0.2, 0.25) is 5.95 Å². The molecule has 0 aromatic carbocycles. The van der Waals surface area contributed by atoms with Crippen molar-refractivity contribution in [1.82, 2.24) is 35.1 Å². The minimum Gasteiger partial charge on any atom is -0.307 e. The van der Waals surface area contributed by atoms with Crippen LogP contribution in [-0.4, -0.2) is 35.1 Å². The van der Waals surface area contributed by atoms with Gasteiger partial charge in [0.05, 0.1) is 0 Å². The minimum absolute atomic E-state index is 0. The van der Waals surface area contributed by atoms with E-state index in [1.807, 2.05) is 37.3 Å². The molecule has 0 aliphatic carbocycles. The molecule has 8 nitrogen and oxygen atoms in total. The van der Waals surface area contributed by atoms with Crippen molar-refractivity contribution in [2.24, 2.45) is 0 Å². The third-order valence-corrected chi connectivity index (χ3v) is 3.46. The van der Waals surface area contributed by atoms with E-state index in [0.29, 0.717) is 23.4 Å². The predicted molar refractivity (Wildman–Crippen MR) is 99.6 cm³/mol. The van der Waals surface area contributed by atoms with E-state index in [1.165, 1.54) is 0 Å². The first-order chi connectivity index (χ1) is 12.3. The summed E-state index contributed by atoms with van der Waals surface area (Å²) >= 11 is 0. The zero-order valence-corrected chi connectivity index (χ0v) is 13.4. The topological polar surface area (TPSA) is 105 Å². The van der Waals surface area contributed by atoms with Gasteiger partial charge in [0, 0.05) is 47.7 Å². The van der Waals surface area contributed by atoms with Crippen LogP contribution >= 0.6 is 0 Å². The summed E-state index contributed by atoms with van der Waals surface area (Å²) in [7, 11) is 0. The summed E-state index contributed by atoms with van der Waals surface area (Å²) in [5.41, 5.74) is 2.66. The fourth-order valence-electron chi connectivity index (χ4n) is 2.29. The number of pyridine rings is 2. The monoisotopic (exact) mass is 346 g/mol. The van der Waals surface area contributed by atoms with Crippen LogP contribution < -0.4 is 5.32 Å². The first kappa shape index (κ1) is 17.2. The second-order valence-corrected chi connectivity index (χ2v) is 5.34. The average molecular weight is 346 g/mol. The molecule has 8 heteroatoms. The van der Waals surface area contributed by atoms with Gasteiger partial charge in [-0.3, -0.25) is 15.1 Å². The van der Waals surface area contributed by atoms with Gasteiger partial charge in [0.25, 0.3) is 0 Å². The van der Waals surface area contributed by atoms with Crippen LogP contribution in [0.1, 0.15) is 13.1 Å². The van der Waals surface area contributed by atoms with Gasteiger partial charge in [-0.05, 0) is 31.2 Å². The van der Waals surface area contributed by atoms with E-state index in [4.69, 9.17) is 0 Å². The van der Waals surface area contributed by atoms with E-state index in [1.54, 1.807) is 24.8 Å². The van der Waals surface area contributed by atoms with E-state index in [9.17, 15) is 0 Å². The van der Waals surface area contributed by atoms with Gasteiger partial charge in [0.1, 0.15) is 0 Å². The van der Waals surface area contributed by atoms with Crippen LogP contribution in [0.25, 0.3) is 22.8 Å². The summed E-state index contributed by atoms with van der Waals surface area (Å²) in [6, 6.07) is 9.30. The third kappa shape index (κ3) is 3.69. The largest absolute Gasteiger partial charge is 0.307 e. The molecule has 26 heavy (non-hydrogen) atoms. The number of rotatable bonds is 4. The molecule has 0 fully saturated rings. The number of H-pyrrole nitrogens is 1. The van der Waals surface area contributed by atoms with Gasteiger partial charge in [-0.2, -0.15) is 15.1 Å². The molecule has 0 unspecified atom stereocenters. The standard InChI is InChI=1S/C17H14N8.CH4/c1-11-10-14(25-24-11)20-17-22-15(12-2-6-18-7-3-12)21-16(23-17)13-4-8-19-9-5-13;/h2-10H,1H3,(H2,20,21,22,23,24,25);1H4. The number of aryl methyl sites for hydroxylation is 1. The van der Waals surface area contributed by atoms with Gasteiger partial charge in [0.15, 0.2) is 17.5 Å². The highest BCUT2D eigenvalue weighted by atomic mass is 15.2. The van der Waals surface area contributed by atoms with Crippen LogP contribution in [0.15, 0.2) is 55.1 Å². The Balaban J connectivity index is 0.00000196. The van der Waals surface area contributed by atoms with Crippen molar-refractivity contribution in [3.8, 4) is 22.8 Å². The summed E-state index contributed by atoms with van der Waals surface area (Å²) in [6.07, 6.45) is 6.82. The normalized spacial score (nSPS) is 10.2. The van der Waals surface area contributed by atoms with E-state index in [2.05, 4.69) is 40.4 Å². The van der Waals surface area contributed by atoms with Gasteiger partial charge in [-0.1, -0.05) is 7.43 Å². The molecular weight excluding hydrogens is 328 g/mol. The number of anilines is 2. The summed E-state index contributed by atoms with van der Waals surface area (Å²) in [6.45, 7) is 1.93. The average Bonchev–Trinajstić information content (AvgIpc) is 3.07. The lowest BCUT2D eigenvalue weighted by Gasteiger charge is -2.07. The van der Waals surface area contributed by atoms with Gasteiger partial charge in [-0.15, -0.1) is 0 Å². The van der Waals surface area contributed by atoms with Crippen LogP contribution in [0.5, 0.6) is 0 Å². The summed E-state index contributed by atoms with van der Waals surface area (Å²) < 4.78 is 0. The Morgan fingerprint density at radius 1 is 0.808 bits per heavy atom. The Labute approximate surface area is 150 Å². The van der Waals surface area contributed by atoms with E-state index >= 15 is 0 Å². The van der Waals surface area contributed by atoms with Crippen molar-refractivity contribution >= 4 is 11.8 Å². The van der Waals surface area contributed by atoms with Crippen LogP contribution in [-0.2, 0) is 0 Å². The maximum atomic E-state index is 4.57. The molecule has 130 valence electrons. The Morgan fingerprint density at radius 2 is 1.35 bits per heavy atom. The number of hydrogen-bond donors (Lipinski definition) is 2. The summed E-state index contributed by atoms with van der Waals surface area (Å²) in [5, 5.41) is 10.1. The number of aromatic nitrogens is 7. The van der Waals surface area contributed by atoms with Gasteiger partial charge < -0.3 is 5.32 Å².